The number of oxazole rings is 1. The number of esters is 1. The van der Waals surface area contributed by atoms with Gasteiger partial charge < -0.3 is 9.15 Å². The number of nitrogens with zero attached hydrogens (tertiary/aromatic N) is 2. The Labute approximate surface area is 133 Å². The van der Waals surface area contributed by atoms with E-state index < -0.39 is 40.5 Å². The molecule has 0 spiro atoms. The fraction of sp³-hybridized carbons (Fsp3) is 0.286. The monoisotopic (exact) mass is 344 g/mol. The smallest absolute Gasteiger partial charge is 0.417 e. The van der Waals surface area contributed by atoms with Crippen LogP contribution in [0.3, 0.4) is 0 Å². The highest BCUT2D eigenvalue weighted by Crippen LogP contribution is 2.36. The van der Waals surface area contributed by atoms with Gasteiger partial charge in [-0.15, -0.1) is 0 Å². The van der Waals surface area contributed by atoms with Gasteiger partial charge in [0.2, 0.25) is 5.89 Å². The van der Waals surface area contributed by atoms with Crippen LogP contribution in [-0.2, 0) is 17.5 Å². The molecule has 0 amide bonds. The highest BCUT2D eigenvalue weighted by molar-refractivity contribution is 5.95. The van der Waals surface area contributed by atoms with E-state index in [0.717, 1.165) is 12.1 Å². The van der Waals surface area contributed by atoms with E-state index >= 15 is 0 Å². The zero-order valence-corrected chi connectivity index (χ0v) is 12.5. The Hall–Kier alpha value is -2.91. The van der Waals surface area contributed by atoms with Gasteiger partial charge in [0.15, 0.2) is 6.61 Å². The lowest BCUT2D eigenvalue weighted by atomic mass is 10.1. The molecule has 0 unspecified atom stereocenters. The molecule has 0 N–H and O–H groups in total. The summed E-state index contributed by atoms with van der Waals surface area (Å²) in [4.78, 5) is 25.8. The van der Waals surface area contributed by atoms with Gasteiger partial charge in [0.05, 0.1) is 16.2 Å². The lowest BCUT2D eigenvalue weighted by Gasteiger charge is -2.11. The largest absolute Gasteiger partial charge is 0.452 e. The molecule has 1 heterocycles. The van der Waals surface area contributed by atoms with Crippen molar-refractivity contribution in [2.24, 2.45) is 0 Å². The molecular weight excluding hydrogens is 333 g/mol. The molecule has 1 aromatic carbocycles. The number of aryl methyl sites for hydroxylation is 2. The molecule has 0 radical (unpaired) electrons. The number of hydrogen-bond acceptors (Lipinski definition) is 6. The van der Waals surface area contributed by atoms with Crippen molar-refractivity contribution in [1.29, 1.82) is 0 Å². The third kappa shape index (κ3) is 3.53. The predicted molar refractivity (Wildman–Crippen MR) is 73.2 cm³/mol. The maximum absolute atomic E-state index is 13.0. The number of carbonyl (C=O) groups is 1. The van der Waals surface area contributed by atoms with Crippen molar-refractivity contribution >= 4 is 11.7 Å². The third-order valence-corrected chi connectivity index (χ3v) is 3.15. The van der Waals surface area contributed by atoms with Crippen molar-refractivity contribution < 1.29 is 32.0 Å². The first-order valence-electron chi connectivity index (χ1n) is 6.56. The number of carbonyl (C=O) groups excluding carboxylic acids is 1. The number of halogens is 3. The number of nitro groups is 1. The van der Waals surface area contributed by atoms with Gasteiger partial charge in [-0.05, 0) is 19.9 Å². The van der Waals surface area contributed by atoms with Crippen LogP contribution in [0, 0.1) is 24.0 Å². The molecule has 0 saturated heterocycles. The number of aromatic nitrogens is 1. The number of rotatable bonds is 4. The predicted octanol–water partition coefficient (Wildman–Crippen LogP) is 3.58. The highest BCUT2D eigenvalue weighted by atomic mass is 19.4. The van der Waals surface area contributed by atoms with Gasteiger partial charge in [-0.2, -0.15) is 13.2 Å². The first kappa shape index (κ1) is 17.4. The van der Waals surface area contributed by atoms with Crippen LogP contribution in [0.2, 0.25) is 0 Å². The van der Waals surface area contributed by atoms with Gasteiger partial charge in [0, 0.05) is 6.07 Å². The van der Waals surface area contributed by atoms with Crippen LogP contribution in [0.1, 0.15) is 33.3 Å². The number of ether oxygens (including phenoxy) is 1. The van der Waals surface area contributed by atoms with Crippen molar-refractivity contribution in [2.45, 2.75) is 26.6 Å². The first-order chi connectivity index (χ1) is 11.1. The minimum atomic E-state index is -4.95. The molecule has 0 aliphatic carbocycles. The maximum Gasteiger partial charge on any atom is 0.417 e. The van der Waals surface area contributed by atoms with Crippen LogP contribution >= 0.6 is 0 Å². The van der Waals surface area contributed by atoms with Crippen molar-refractivity contribution in [1.82, 2.24) is 4.98 Å². The summed E-state index contributed by atoms with van der Waals surface area (Å²) in [5, 5.41) is 10.9. The Morgan fingerprint density at radius 3 is 2.54 bits per heavy atom. The number of alkyl halides is 3. The van der Waals surface area contributed by atoms with E-state index in [2.05, 4.69) is 4.98 Å². The molecule has 1 aromatic heterocycles. The summed E-state index contributed by atoms with van der Waals surface area (Å²) in [6.07, 6.45) is -4.95. The normalized spacial score (nSPS) is 11.4. The Bertz CT molecular complexity index is 779. The van der Waals surface area contributed by atoms with Crippen LogP contribution in [0.5, 0.6) is 0 Å². The van der Waals surface area contributed by atoms with Crippen LogP contribution < -0.4 is 0 Å². The average Bonchev–Trinajstić information content (AvgIpc) is 2.81. The molecule has 0 saturated carbocycles. The SMILES string of the molecule is Cc1nc(COC(=O)c2c([N+](=O)[O-])cccc2C(F)(F)F)oc1C. The molecule has 0 atom stereocenters. The number of nitro benzene ring substituents is 1. The Kier molecular flexibility index (Phi) is 4.58. The lowest BCUT2D eigenvalue weighted by Crippen LogP contribution is -2.17. The summed E-state index contributed by atoms with van der Waals surface area (Å²) in [6, 6.07) is 2.22. The lowest BCUT2D eigenvalue weighted by molar-refractivity contribution is -0.385. The average molecular weight is 344 g/mol. The molecule has 7 nitrogen and oxygen atoms in total. The molecule has 0 bridgehead atoms. The van der Waals surface area contributed by atoms with Gasteiger partial charge >= 0.3 is 12.1 Å². The summed E-state index contributed by atoms with van der Waals surface area (Å²) >= 11 is 0. The standard InChI is InChI=1S/C14H11F3N2O5/c1-7-8(2)24-11(18-7)6-23-13(20)12-9(14(15,16)17)4-3-5-10(12)19(21)22/h3-5H,6H2,1-2H3. The molecule has 0 aliphatic rings. The summed E-state index contributed by atoms with van der Waals surface area (Å²) in [6.45, 7) is 2.70. The fourth-order valence-corrected chi connectivity index (χ4v) is 1.94. The van der Waals surface area contributed by atoms with E-state index in [-0.39, 0.29) is 5.89 Å². The first-order valence-corrected chi connectivity index (χ1v) is 6.56. The van der Waals surface area contributed by atoms with Crippen LogP contribution in [0.15, 0.2) is 22.6 Å². The zero-order valence-electron chi connectivity index (χ0n) is 12.5. The Morgan fingerprint density at radius 1 is 1.38 bits per heavy atom. The minimum Gasteiger partial charge on any atom is -0.452 e. The third-order valence-electron chi connectivity index (χ3n) is 3.15. The summed E-state index contributed by atoms with van der Waals surface area (Å²) in [5.41, 5.74) is -3.06. The molecule has 24 heavy (non-hydrogen) atoms. The van der Waals surface area contributed by atoms with E-state index in [1.54, 1.807) is 13.8 Å². The number of hydrogen-bond donors (Lipinski definition) is 0. The van der Waals surface area contributed by atoms with Crippen molar-refractivity contribution in [2.75, 3.05) is 0 Å². The fourth-order valence-electron chi connectivity index (χ4n) is 1.94. The summed E-state index contributed by atoms with van der Waals surface area (Å²) < 4.78 is 48.9. The Morgan fingerprint density at radius 2 is 2.04 bits per heavy atom. The maximum atomic E-state index is 13.0. The molecule has 10 heteroatoms. The highest BCUT2D eigenvalue weighted by Gasteiger charge is 2.40. The summed E-state index contributed by atoms with van der Waals surface area (Å²) in [7, 11) is 0. The molecule has 2 aromatic rings. The van der Waals surface area contributed by atoms with E-state index in [1.165, 1.54) is 0 Å². The molecule has 2 rings (SSSR count). The quantitative estimate of drug-likeness (QED) is 0.478. The summed E-state index contributed by atoms with van der Waals surface area (Å²) in [5.74, 6) is -1.05. The van der Waals surface area contributed by atoms with Gasteiger partial charge in [-0.1, -0.05) is 6.07 Å². The van der Waals surface area contributed by atoms with E-state index in [4.69, 9.17) is 9.15 Å². The Balaban J connectivity index is 2.35. The second kappa shape index (κ2) is 6.30. The number of benzene rings is 1. The van der Waals surface area contributed by atoms with E-state index in [1.807, 2.05) is 0 Å². The second-order valence-electron chi connectivity index (χ2n) is 4.78. The van der Waals surface area contributed by atoms with Crippen LogP contribution in [-0.4, -0.2) is 15.9 Å². The van der Waals surface area contributed by atoms with Crippen molar-refractivity contribution in [3.8, 4) is 0 Å². The topological polar surface area (TPSA) is 95.5 Å². The van der Waals surface area contributed by atoms with E-state index in [9.17, 15) is 28.1 Å². The zero-order chi connectivity index (χ0) is 18.1. The van der Waals surface area contributed by atoms with Gasteiger partial charge in [0.1, 0.15) is 11.3 Å². The van der Waals surface area contributed by atoms with Gasteiger partial charge in [-0.3, -0.25) is 10.1 Å². The molecule has 0 fully saturated rings. The molecule has 0 aliphatic heterocycles. The minimum absolute atomic E-state index is 0.0227. The van der Waals surface area contributed by atoms with Crippen molar-refractivity contribution in [3.63, 3.8) is 0 Å². The van der Waals surface area contributed by atoms with Crippen LogP contribution in [0.4, 0.5) is 18.9 Å². The molecule has 128 valence electrons. The second-order valence-corrected chi connectivity index (χ2v) is 4.78. The molecular formula is C14H11F3N2O5. The van der Waals surface area contributed by atoms with Gasteiger partial charge in [0.25, 0.3) is 5.69 Å². The van der Waals surface area contributed by atoms with Gasteiger partial charge in [-0.25, -0.2) is 9.78 Å². The van der Waals surface area contributed by atoms with Crippen molar-refractivity contribution in [3.05, 3.63) is 56.8 Å². The van der Waals surface area contributed by atoms with E-state index in [0.29, 0.717) is 17.5 Å². The van der Waals surface area contributed by atoms with Crippen LogP contribution in [0.25, 0.3) is 0 Å².